The van der Waals surface area contributed by atoms with Crippen LogP contribution in [0.1, 0.15) is 91.4 Å². The minimum atomic E-state index is -0.484. The lowest BCUT2D eigenvalue weighted by Gasteiger charge is -2.07. The Kier molecular flexibility index (Phi) is 15.1. The summed E-state index contributed by atoms with van der Waals surface area (Å²) in [4.78, 5) is 22.9. The molecule has 23 heavy (non-hydrogen) atoms. The molecule has 0 spiro atoms. The van der Waals surface area contributed by atoms with Crippen LogP contribution >= 0.6 is 0 Å². The van der Waals surface area contributed by atoms with Crippen LogP contribution in [0.5, 0.6) is 0 Å². The van der Waals surface area contributed by atoms with Gasteiger partial charge in [-0.05, 0) is 18.8 Å². The summed E-state index contributed by atoms with van der Waals surface area (Å²) in [6, 6.07) is 0. The molecular weight excluding hydrogens is 292 g/mol. The highest BCUT2D eigenvalue weighted by atomic mass is 16.6. The zero-order valence-corrected chi connectivity index (χ0v) is 15.4. The minimum absolute atomic E-state index is 0.268. The number of hydrogen-bond acceptors (Lipinski definition) is 4. The molecule has 0 N–H and O–H groups in total. The van der Waals surface area contributed by atoms with Crippen molar-refractivity contribution in [2.24, 2.45) is 5.92 Å². The Labute approximate surface area is 142 Å². The van der Waals surface area contributed by atoms with E-state index in [4.69, 9.17) is 9.47 Å². The summed E-state index contributed by atoms with van der Waals surface area (Å²) in [5, 5.41) is 0. The van der Waals surface area contributed by atoms with Gasteiger partial charge in [0.05, 0.1) is 13.2 Å². The molecule has 4 heteroatoms. The van der Waals surface area contributed by atoms with Crippen molar-refractivity contribution in [3.05, 3.63) is 0 Å². The van der Waals surface area contributed by atoms with Crippen LogP contribution in [0.3, 0.4) is 0 Å². The van der Waals surface area contributed by atoms with Crippen LogP contribution < -0.4 is 0 Å². The largest absolute Gasteiger partial charge is 0.465 e. The van der Waals surface area contributed by atoms with Crippen LogP contribution in [0.2, 0.25) is 0 Å². The lowest BCUT2D eigenvalue weighted by atomic mass is 10.1. The fraction of sp³-hybridized carbons (Fsp3) is 0.895. The van der Waals surface area contributed by atoms with Crippen molar-refractivity contribution in [3.63, 3.8) is 0 Å². The summed E-state index contributed by atoms with van der Waals surface area (Å²) in [5.41, 5.74) is 0. The molecule has 4 nitrogen and oxygen atoms in total. The van der Waals surface area contributed by atoms with Crippen LogP contribution in [0.4, 0.5) is 0 Å². The van der Waals surface area contributed by atoms with E-state index in [1.165, 1.54) is 44.9 Å². The number of esters is 2. The maximum Gasteiger partial charge on any atom is 0.317 e. The highest BCUT2D eigenvalue weighted by molar-refractivity contribution is 5.91. The number of unbranched alkanes of at least 4 members (excludes halogenated alkanes) is 8. The molecule has 0 saturated heterocycles. The van der Waals surface area contributed by atoms with E-state index < -0.39 is 11.9 Å². The second kappa shape index (κ2) is 15.8. The maximum atomic E-state index is 11.5. The zero-order valence-electron chi connectivity index (χ0n) is 15.4. The molecule has 0 aromatic carbocycles. The number of carbonyl (C=O) groups excluding carboxylic acids is 2. The van der Waals surface area contributed by atoms with Gasteiger partial charge in [-0.15, -0.1) is 0 Å². The average molecular weight is 328 g/mol. The van der Waals surface area contributed by atoms with E-state index in [1.54, 1.807) is 0 Å². The summed E-state index contributed by atoms with van der Waals surface area (Å²) >= 11 is 0. The molecule has 0 aromatic rings. The van der Waals surface area contributed by atoms with Crippen LogP contribution in [0.25, 0.3) is 0 Å². The Morgan fingerprint density at radius 2 is 1.22 bits per heavy atom. The zero-order chi connectivity index (χ0) is 17.3. The van der Waals surface area contributed by atoms with Crippen molar-refractivity contribution in [1.29, 1.82) is 0 Å². The van der Waals surface area contributed by atoms with E-state index in [9.17, 15) is 9.59 Å². The first kappa shape index (κ1) is 21.9. The normalized spacial score (nSPS) is 10.8. The van der Waals surface area contributed by atoms with Gasteiger partial charge >= 0.3 is 11.9 Å². The second-order valence-corrected chi connectivity index (χ2v) is 6.63. The third-order valence-corrected chi connectivity index (χ3v) is 3.76. The molecule has 0 fully saturated rings. The predicted molar refractivity (Wildman–Crippen MR) is 93.2 cm³/mol. The topological polar surface area (TPSA) is 52.6 Å². The van der Waals surface area contributed by atoms with E-state index in [1.807, 2.05) is 0 Å². The van der Waals surface area contributed by atoms with E-state index in [0.29, 0.717) is 19.1 Å². The average Bonchev–Trinajstić information content (AvgIpc) is 2.48. The van der Waals surface area contributed by atoms with Gasteiger partial charge in [0.1, 0.15) is 6.42 Å². The fourth-order valence-electron chi connectivity index (χ4n) is 2.23. The SMILES string of the molecule is CCCCCCCCCCCOC(=O)CC(=O)OCCC(C)C. The molecule has 0 unspecified atom stereocenters. The van der Waals surface area contributed by atoms with Gasteiger partial charge in [0.15, 0.2) is 0 Å². The van der Waals surface area contributed by atoms with E-state index >= 15 is 0 Å². The van der Waals surface area contributed by atoms with Crippen molar-refractivity contribution < 1.29 is 19.1 Å². The molecule has 0 heterocycles. The van der Waals surface area contributed by atoms with Gasteiger partial charge < -0.3 is 9.47 Å². The minimum Gasteiger partial charge on any atom is -0.465 e. The summed E-state index contributed by atoms with van der Waals surface area (Å²) in [5.74, 6) is -0.469. The third-order valence-electron chi connectivity index (χ3n) is 3.76. The van der Waals surface area contributed by atoms with E-state index in [2.05, 4.69) is 20.8 Å². The smallest absolute Gasteiger partial charge is 0.317 e. The first-order chi connectivity index (χ1) is 11.1. The van der Waals surface area contributed by atoms with Crippen LogP contribution in [0, 0.1) is 5.92 Å². The first-order valence-corrected chi connectivity index (χ1v) is 9.37. The highest BCUT2D eigenvalue weighted by Crippen LogP contribution is 2.09. The van der Waals surface area contributed by atoms with Gasteiger partial charge in [-0.1, -0.05) is 72.1 Å². The summed E-state index contributed by atoms with van der Waals surface area (Å²) in [6.45, 7) is 7.14. The summed E-state index contributed by atoms with van der Waals surface area (Å²) in [7, 11) is 0. The molecule has 0 amide bonds. The standard InChI is InChI=1S/C19H36O4/c1-4-5-6-7-8-9-10-11-12-14-22-18(20)16-19(21)23-15-13-17(2)3/h17H,4-16H2,1-3H3. The summed E-state index contributed by atoms with van der Waals surface area (Å²) < 4.78 is 10.0. The Morgan fingerprint density at radius 1 is 0.739 bits per heavy atom. The van der Waals surface area contributed by atoms with E-state index in [-0.39, 0.29) is 6.42 Å². The molecule has 0 aliphatic rings. The lowest BCUT2D eigenvalue weighted by Crippen LogP contribution is -2.15. The van der Waals surface area contributed by atoms with Crippen molar-refractivity contribution in [2.75, 3.05) is 13.2 Å². The third kappa shape index (κ3) is 17.1. The van der Waals surface area contributed by atoms with Crippen molar-refractivity contribution in [1.82, 2.24) is 0 Å². The highest BCUT2D eigenvalue weighted by Gasteiger charge is 2.11. The van der Waals surface area contributed by atoms with Crippen molar-refractivity contribution >= 4 is 11.9 Å². The Balaban J connectivity index is 3.34. The lowest BCUT2D eigenvalue weighted by molar-refractivity contribution is -0.154. The molecule has 0 rings (SSSR count). The predicted octanol–water partition coefficient (Wildman–Crippen LogP) is 5.04. The molecule has 0 saturated carbocycles. The molecule has 0 radical (unpaired) electrons. The second-order valence-electron chi connectivity index (χ2n) is 6.63. The van der Waals surface area contributed by atoms with Gasteiger partial charge in [-0.2, -0.15) is 0 Å². The summed E-state index contributed by atoms with van der Waals surface area (Å²) in [6.07, 6.45) is 11.6. The van der Waals surface area contributed by atoms with Gasteiger partial charge in [0.2, 0.25) is 0 Å². The number of carbonyl (C=O) groups is 2. The molecule has 0 aliphatic carbocycles. The van der Waals surface area contributed by atoms with Crippen molar-refractivity contribution in [3.8, 4) is 0 Å². The van der Waals surface area contributed by atoms with Crippen LogP contribution in [-0.2, 0) is 19.1 Å². The monoisotopic (exact) mass is 328 g/mol. The number of ether oxygens (including phenoxy) is 2. The van der Waals surface area contributed by atoms with Crippen LogP contribution in [0.15, 0.2) is 0 Å². The van der Waals surface area contributed by atoms with Gasteiger partial charge in [-0.3, -0.25) is 9.59 Å². The van der Waals surface area contributed by atoms with Gasteiger partial charge in [0, 0.05) is 0 Å². The van der Waals surface area contributed by atoms with Crippen LogP contribution in [-0.4, -0.2) is 25.2 Å². The molecule has 136 valence electrons. The molecule has 0 atom stereocenters. The Hall–Kier alpha value is -1.06. The molecule has 0 aliphatic heterocycles. The van der Waals surface area contributed by atoms with Gasteiger partial charge in [0.25, 0.3) is 0 Å². The first-order valence-electron chi connectivity index (χ1n) is 9.37. The number of hydrogen-bond donors (Lipinski definition) is 0. The Morgan fingerprint density at radius 3 is 1.74 bits per heavy atom. The van der Waals surface area contributed by atoms with Gasteiger partial charge in [-0.25, -0.2) is 0 Å². The molecule has 0 bridgehead atoms. The molecular formula is C19H36O4. The Bertz CT molecular complexity index is 300. The quantitative estimate of drug-likeness (QED) is 0.240. The maximum absolute atomic E-state index is 11.5. The van der Waals surface area contributed by atoms with E-state index in [0.717, 1.165) is 19.3 Å². The van der Waals surface area contributed by atoms with Crippen molar-refractivity contribution in [2.45, 2.75) is 91.4 Å². The fourth-order valence-corrected chi connectivity index (χ4v) is 2.23. The number of rotatable bonds is 15. The molecule has 0 aromatic heterocycles.